The first-order chi connectivity index (χ1) is 21.1. The van der Waals surface area contributed by atoms with Crippen LogP contribution in [0.5, 0.6) is 23.0 Å². The summed E-state index contributed by atoms with van der Waals surface area (Å²) in [5.74, 6) is 2.99. The lowest BCUT2D eigenvalue weighted by Gasteiger charge is -2.25. The smallest absolute Gasteiger partial charge is 0.177 e. The summed E-state index contributed by atoms with van der Waals surface area (Å²) in [6.45, 7) is 4.73. The van der Waals surface area contributed by atoms with Gasteiger partial charge in [-0.2, -0.15) is 0 Å². The highest BCUT2D eigenvalue weighted by Gasteiger charge is 2.38. The van der Waals surface area contributed by atoms with Crippen molar-refractivity contribution in [1.29, 1.82) is 0 Å². The summed E-state index contributed by atoms with van der Waals surface area (Å²) < 4.78 is 12.9. The van der Waals surface area contributed by atoms with Crippen LogP contribution in [-0.4, -0.2) is 0 Å². The lowest BCUT2D eigenvalue weighted by atomic mass is 9.79. The van der Waals surface area contributed by atoms with Crippen LogP contribution in [-0.2, 0) is 5.41 Å². The SMILES string of the molecule is CC1(C)c2cc(-c3ccccc3)ccc2-c2c1cc(-c1cc3c(c4ccccc14)Oc1ccccc1O3)c1ccccc21. The molecule has 0 fully saturated rings. The molecule has 0 atom stereocenters. The van der Waals surface area contributed by atoms with E-state index in [4.69, 9.17) is 9.47 Å². The van der Waals surface area contributed by atoms with E-state index in [0.717, 1.165) is 39.3 Å². The van der Waals surface area contributed by atoms with Crippen molar-refractivity contribution in [2.75, 3.05) is 0 Å². The molecule has 0 amide bonds. The standard InChI is InChI=1S/C41H28O2/c1-41(2)34-22-26(25-12-4-3-5-13-25)20-21-31(34)39-29-16-8-6-14-27(29)32(23-35(39)41)33-24-38-40(30-17-9-7-15-28(30)33)43-37-19-11-10-18-36(37)42-38/h3-24H,1-2H3. The van der Waals surface area contributed by atoms with E-state index in [0.29, 0.717) is 0 Å². The van der Waals surface area contributed by atoms with Crippen LogP contribution < -0.4 is 9.47 Å². The highest BCUT2D eigenvalue weighted by molar-refractivity contribution is 6.13. The number of para-hydroxylation sites is 2. The van der Waals surface area contributed by atoms with E-state index in [1.54, 1.807) is 0 Å². The maximum absolute atomic E-state index is 6.47. The van der Waals surface area contributed by atoms with Crippen molar-refractivity contribution < 1.29 is 9.47 Å². The summed E-state index contributed by atoms with van der Waals surface area (Å²) >= 11 is 0. The average molecular weight is 553 g/mol. The Kier molecular flexibility index (Phi) is 4.99. The second kappa shape index (κ2) is 8.83. The molecule has 204 valence electrons. The van der Waals surface area contributed by atoms with Gasteiger partial charge in [-0.25, -0.2) is 0 Å². The van der Waals surface area contributed by atoms with E-state index in [1.165, 1.54) is 49.7 Å². The Bertz CT molecular complexity index is 2260. The van der Waals surface area contributed by atoms with Crippen molar-refractivity contribution in [3.63, 3.8) is 0 Å². The first kappa shape index (κ1) is 24.3. The van der Waals surface area contributed by atoms with Crippen LogP contribution in [0.25, 0.3) is 54.9 Å². The third kappa shape index (κ3) is 3.47. The third-order valence-corrected chi connectivity index (χ3v) is 9.32. The Morgan fingerprint density at radius 2 is 1.02 bits per heavy atom. The van der Waals surface area contributed by atoms with Crippen LogP contribution in [0.1, 0.15) is 25.0 Å². The minimum Gasteiger partial charge on any atom is -0.449 e. The highest BCUT2D eigenvalue weighted by atomic mass is 16.6. The van der Waals surface area contributed by atoms with Crippen LogP contribution >= 0.6 is 0 Å². The van der Waals surface area contributed by atoms with Crippen molar-refractivity contribution >= 4 is 21.5 Å². The predicted molar refractivity (Wildman–Crippen MR) is 176 cm³/mol. The summed E-state index contributed by atoms with van der Waals surface area (Å²) in [4.78, 5) is 0. The molecule has 2 aliphatic rings. The lowest BCUT2D eigenvalue weighted by molar-refractivity contribution is 0.363. The van der Waals surface area contributed by atoms with E-state index in [9.17, 15) is 0 Å². The predicted octanol–water partition coefficient (Wildman–Crippen LogP) is 11.5. The fourth-order valence-electron chi connectivity index (χ4n) is 7.19. The molecule has 2 heteroatoms. The second-order valence-electron chi connectivity index (χ2n) is 12.1. The Labute approximate surface area is 250 Å². The van der Waals surface area contributed by atoms with Crippen molar-refractivity contribution in [3.05, 3.63) is 145 Å². The largest absolute Gasteiger partial charge is 0.449 e. The maximum atomic E-state index is 6.47. The Hall–Kier alpha value is -5.34. The molecule has 0 saturated carbocycles. The van der Waals surface area contributed by atoms with Gasteiger partial charge in [-0.1, -0.05) is 117 Å². The minimum absolute atomic E-state index is 0.170. The monoisotopic (exact) mass is 552 g/mol. The van der Waals surface area contributed by atoms with Gasteiger partial charge in [-0.15, -0.1) is 0 Å². The Morgan fingerprint density at radius 1 is 0.419 bits per heavy atom. The summed E-state index contributed by atoms with van der Waals surface area (Å²) in [5.41, 5.74) is 10.1. The first-order valence-corrected chi connectivity index (χ1v) is 14.9. The van der Waals surface area contributed by atoms with Crippen molar-refractivity contribution in [1.82, 2.24) is 0 Å². The molecule has 7 aromatic rings. The summed E-state index contributed by atoms with van der Waals surface area (Å²) in [7, 11) is 0. The molecule has 0 saturated heterocycles. The Morgan fingerprint density at radius 3 is 1.79 bits per heavy atom. The molecule has 1 aliphatic heterocycles. The molecule has 0 aromatic heterocycles. The van der Waals surface area contributed by atoms with Crippen molar-refractivity contribution in [2.45, 2.75) is 19.3 Å². The Balaban J connectivity index is 1.30. The summed E-state index contributed by atoms with van der Waals surface area (Å²) in [6, 6.07) is 47.5. The molecule has 1 heterocycles. The third-order valence-electron chi connectivity index (χ3n) is 9.32. The average Bonchev–Trinajstić information content (AvgIpc) is 3.29. The zero-order chi connectivity index (χ0) is 28.7. The van der Waals surface area contributed by atoms with Gasteiger partial charge in [0.15, 0.2) is 23.0 Å². The van der Waals surface area contributed by atoms with Gasteiger partial charge in [-0.05, 0) is 91.0 Å². The van der Waals surface area contributed by atoms with E-state index in [2.05, 4.69) is 123 Å². The zero-order valence-electron chi connectivity index (χ0n) is 24.0. The van der Waals surface area contributed by atoms with Gasteiger partial charge in [0.1, 0.15) is 0 Å². The molecule has 1 aliphatic carbocycles. The van der Waals surface area contributed by atoms with Crippen LogP contribution in [0.3, 0.4) is 0 Å². The number of fused-ring (bicyclic) bond motifs is 9. The molecule has 0 N–H and O–H groups in total. The van der Waals surface area contributed by atoms with Gasteiger partial charge in [0.05, 0.1) is 0 Å². The topological polar surface area (TPSA) is 18.5 Å². The van der Waals surface area contributed by atoms with Crippen LogP contribution in [0.2, 0.25) is 0 Å². The van der Waals surface area contributed by atoms with Crippen LogP contribution in [0.15, 0.2) is 133 Å². The van der Waals surface area contributed by atoms with E-state index in [-0.39, 0.29) is 5.41 Å². The van der Waals surface area contributed by atoms with E-state index in [1.807, 2.05) is 24.3 Å². The normalized spacial score (nSPS) is 13.9. The molecular weight excluding hydrogens is 524 g/mol. The van der Waals surface area contributed by atoms with Crippen LogP contribution in [0, 0.1) is 0 Å². The molecule has 2 nitrogen and oxygen atoms in total. The molecule has 0 bridgehead atoms. The van der Waals surface area contributed by atoms with E-state index < -0.39 is 0 Å². The molecule has 9 rings (SSSR count). The molecular formula is C41H28O2. The van der Waals surface area contributed by atoms with Crippen molar-refractivity contribution in [2.24, 2.45) is 0 Å². The number of hydrogen-bond acceptors (Lipinski definition) is 2. The first-order valence-electron chi connectivity index (χ1n) is 14.9. The number of rotatable bonds is 2. The highest BCUT2D eigenvalue weighted by Crippen LogP contribution is 2.56. The fourth-order valence-corrected chi connectivity index (χ4v) is 7.19. The van der Waals surface area contributed by atoms with Crippen LogP contribution in [0.4, 0.5) is 0 Å². The van der Waals surface area contributed by atoms with Crippen molar-refractivity contribution in [3.8, 4) is 56.4 Å². The molecule has 0 spiro atoms. The number of ether oxygens (including phenoxy) is 2. The summed E-state index contributed by atoms with van der Waals surface area (Å²) in [5, 5.41) is 4.70. The quantitative estimate of drug-likeness (QED) is 0.212. The minimum atomic E-state index is -0.170. The zero-order valence-corrected chi connectivity index (χ0v) is 24.0. The second-order valence-corrected chi connectivity index (χ2v) is 12.1. The summed E-state index contributed by atoms with van der Waals surface area (Å²) in [6.07, 6.45) is 0. The van der Waals surface area contributed by atoms with Gasteiger partial charge in [0.2, 0.25) is 0 Å². The molecule has 0 unspecified atom stereocenters. The molecule has 7 aromatic carbocycles. The fraction of sp³-hybridized carbons (Fsp3) is 0.0732. The van der Waals surface area contributed by atoms with Gasteiger partial charge < -0.3 is 9.47 Å². The lowest BCUT2D eigenvalue weighted by Crippen LogP contribution is -2.15. The van der Waals surface area contributed by atoms with E-state index >= 15 is 0 Å². The number of hydrogen-bond donors (Lipinski definition) is 0. The molecule has 0 radical (unpaired) electrons. The maximum Gasteiger partial charge on any atom is 0.177 e. The number of benzene rings is 7. The van der Waals surface area contributed by atoms with Gasteiger partial charge in [-0.3, -0.25) is 0 Å². The van der Waals surface area contributed by atoms with Gasteiger partial charge in [0, 0.05) is 10.8 Å². The van der Waals surface area contributed by atoms with Gasteiger partial charge >= 0.3 is 0 Å². The van der Waals surface area contributed by atoms with Gasteiger partial charge in [0.25, 0.3) is 0 Å². The molecule has 43 heavy (non-hydrogen) atoms.